The molecule has 0 unspecified atom stereocenters. The van der Waals surface area contributed by atoms with E-state index in [1.54, 1.807) is 0 Å². The molecule has 1 aromatic carbocycles. The van der Waals surface area contributed by atoms with E-state index in [9.17, 15) is 0 Å². The van der Waals surface area contributed by atoms with Gasteiger partial charge in [-0.25, -0.2) is 4.68 Å². The summed E-state index contributed by atoms with van der Waals surface area (Å²) >= 11 is 0. The van der Waals surface area contributed by atoms with Gasteiger partial charge in [-0.1, -0.05) is 18.2 Å². The Kier molecular flexibility index (Phi) is 3.54. The van der Waals surface area contributed by atoms with Gasteiger partial charge in [0.1, 0.15) is 5.82 Å². The van der Waals surface area contributed by atoms with Crippen LogP contribution in [0.5, 0.6) is 0 Å². The molecule has 2 aromatic heterocycles. The number of nitrogens with one attached hydrogen (secondary N) is 1. The van der Waals surface area contributed by atoms with Gasteiger partial charge in [0.05, 0.1) is 17.1 Å². The first-order valence-corrected chi connectivity index (χ1v) is 8.06. The summed E-state index contributed by atoms with van der Waals surface area (Å²) in [5.74, 6) is 1.18. The van der Waals surface area contributed by atoms with Gasteiger partial charge in [-0.05, 0) is 25.1 Å². The minimum absolute atomic E-state index is 1.00. The average molecular weight is 307 g/mol. The molecular weight excluding hydrogens is 286 g/mol. The van der Waals surface area contributed by atoms with Crippen LogP contribution in [0.3, 0.4) is 0 Å². The summed E-state index contributed by atoms with van der Waals surface area (Å²) in [5.41, 5.74) is 3.44. The van der Waals surface area contributed by atoms with Crippen molar-refractivity contribution in [2.45, 2.75) is 6.92 Å². The Bertz CT molecular complexity index is 752. The van der Waals surface area contributed by atoms with Crippen molar-refractivity contribution in [3.63, 3.8) is 0 Å². The second-order valence-electron chi connectivity index (χ2n) is 5.93. The van der Waals surface area contributed by atoms with Crippen molar-refractivity contribution in [3.05, 3.63) is 60.6 Å². The minimum Gasteiger partial charge on any atom is -0.367 e. The third-order valence-electron chi connectivity index (χ3n) is 4.36. The Hall–Kier alpha value is -2.69. The summed E-state index contributed by atoms with van der Waals surface area (Å²) in [4.78, 5) is 7.98. The maximum atomic E-state index is 4.68. The van der Waals surface area contributed by atoms with E-state index in [2.05, 4.69) is 74.1 Å². The lowest BCUT2D eigenvalue weighted by Gasteiger charge is -2.36. The molecule has 0 amide bonds. The Morgan fingerprint density at radius 2 is 1.65 bits per heavy atom. The van der Waals surface area contributed by atoms with Gasteiger partial charge < -0.3 is 14.8 Å². The molecule has 23 heavy (non-hydrogen) atoms. The first kappa shape index (κ1) is 13.9. The van der Waals surface area contributed by atoms with Gasteiger partial charge in [0.15, 0.2) is 0 Å². The largest absolute Gasteiger partial charge is 0.367 e. The van der Waals surface area contributed by atoms with Crippen LogP contribution in [0.2, 0.25) is 0 Å². The molecule has 0 aliphatic carbocycles. The van der Waals surface area contributed by atoms with Crippen LogP contribution in [0.1, 0.15) is 5.69 Å². The molecule has 0 radical (unpaired) electrons. The van der Waals surface area contributed by atoms with Crippen LogP contribution in [-0.4, -0.2) is 40.9 Å². The van der Waals surface area contributed by atoms with Crippen molar-refractivity contribution in [1.29, 1.82) is 0 Å². The molecule has 0 spiro atoms. The van der Waals surface area contributed by atoms with Crippen LogP contribution < -0.4 is 9.80 Å². The van der Waals surface area contributed by atoms with Crippen molar-refractivity contribution in [2.24, 2.45) is 0 Å². The molecule has 3 aromatic rings. The van der Waals surface area contributed by atoms with Crippen molar-refractivity contribution < 1.29 is 0 Å². The Morgan fingerprint density at radius 1 is 0.913 bits per heavy atom. The predicted octanol–water partition coefficient (Wildman–Crippen LogP) is 2.84. The zero-order valence-corrected chi connectivity index (χ0v) is 13.3. The molecule has 0 bridgehead atoms. The van der Waals surface area contributed by atoms with E-state index >= 15 is 0 Å². The maximum Gasteiger partial charge on any atom is 0.132 e. The highest BCUT2D eigenvalue weighted by molar-refractivity contribution is 5.51. The molecule has 1 N–H and O–H groups in total. The van der Waals surface area contributed by atoms with Crippen LogP contribution >= 0.6 is 0 Å². The van der Waals surface area contributed by atoms with E-state index in [-0.39, 0.29) is 0 Å². The summed E-state index contributed by atoms with van der Waals surface area (Å²) in [6.45, 7) is 6.11. The second-order valence-corrected chi connectivity index (χ2v) is 5.93. The normalized spacial score (nSPS) is 15.2. The van der Waals surface area contributed by atoms with Crippen LogP contribution in [0.4, 0.5) is 11.5 Å². The number of para-hydroxylation sites is 1. The quantitative estimate of drug-likeness (QED) is 0.809. The highest BCUT2D eigenvalue weighted by Crippen LogP contribution is 2.24. The number of H-pyrrole nitrogens is 1. The summed E-state index contributed by atoms with van der Waals surface area (Å²) in [6, 6.07) is 14.7. The number of hydrogen-bond acceptors (Lipinski definition) is 3. The Balaban J connectivity index is 1.56. The second kappa shape index (κ2) is 5.83. The lowest BCUT2D eigenvalue weighted by Crippen LogP contribution is -2.47. The van der Waals surface area contributed by atoms with Crippen molar-refractivity contribution in [1.82, 2.24) is 14.8 Å². The average Bonchev–Trinajstić information content (AvgIpc) is 3.25. The number of nitrogens with zero attached hydrogens (tertiary/aromatic N) is 4. The highest BCUT2D eigenvalue weighted by atomic mass is 15.4. The van der Waals surface area contributed by atoms with Gasteiger partial charge in [-0.2, -0.15) is 5.10 Å². The van der Waals surface area contributed by atoms with Crippen LogP contribution in [0, 0.1) is 6.92 Å². The van der Waals surface area contributed by atoms with E-state index in [4.69, 9.17) is 0 Å². The fraction of sp³-hybridized carbons (Fsp3) is 0.278. The van der Waals surface area contributed by atoms with Gasteiger partial charge in [0.25, 0.3) is 0 Å². The molecule has 1 fully saturated rings. The molecule has 5 nitrogen and oxygen atoms in total. The van der Waals surface area contributed by atoms with E-state index in [1.165, 1.54) is 11.5 Å². The van der Waals surface area contributed by atoms with Crippen LogP contribution in [0.15, 0.2) is 54.9 Å². The number of aromatic nitrogens is 3. The smallest absolute Gasteiger partial charge is 0.132 e. The lowest BCUT2D eigenvalue weighted by molar-refractivity contribution is 0.637. The molecule has 1 aliphatic heterocycles. The van der Waals surface area contributed by atoms with Crippen LogP contribution in [-0.2, 0) is 0 Å². The maximum absolute atomic E-state index is 4.68. The molecule has 1 saturated heterocycles. The first-order chi connectivity index (χ1) is 11.3. The monoisotopic (exact) mass is 307 g/mol. The molecular formula is C18H21N5. The van der Waals surface area contributed by atoms with Gasteiger partial charge >= 0.3 is 0 Å². The molecule has 5 heteroatoms. The summed E-state index contributed by atoms with van der Waals surface area (Å²) in [5, 5.41) is 4.68. The standard InChI is InChI=1S/C18H21N5/c1-15-13-18(23(20-15)16-5-3-2-4-6-16)22-11-9-21(10-12-22)17-7-8-19-14-17/h2-8,13-14,19H,9-12H2,1H3. The van der Waals surface area contributed by atoms with E-state index in [0.717, 1.165) is 37.6 Å². The predicted molar refractivity (Wildman–Crippen MR) is 93.5 cm³/mol. The third-order valence-corrected chi connectivity index (χ3v) is 4.36. The zero-order valence-electron chi connectivity index (χ0n) is 13.3. The fourth-order valence-corrected chi connectivity index (χ4v) is 3.18. The van der Waals surface area contributed by atoms with Crippen molar-refractivity contribution in [3.8, 4) is 5.69 Å². The number of benzene rings is 1. The molecule has 3 heterocycles. The van der Waals surface area contributed by atoms with Gasteiger partial charge in [0, 0.05) is 44.6 Å². The van der Waals surface area contributed by atoms with E-state index in [0.29, 0.717) is 0 Å². The van der Waals surface area contributed by atoms with Gasteiger partial charge in [-0.3, -0.25) is 0 Å². The topological polar surface area (TPSA) is 40.1 Å². The number of aromatic amines is 1. The molecule has 1 aliphatic rings. The molecule has 118 valence electrons. The summed E-state index contributed by atoms with van der Waals surface area (Å²) in [6.07, 6.45) is 4.05. The number of aryl methyl sites for hydroxylation is 1. The van der Waals surface area contributed by atoms with Crippen molar-refractivity contribution in [2.75, 3.05) is 36.0 Å². The fourth-order valence-electron chi connectivity index (χ4n) is 3.18. The summed E-state index contributed by atoms with van der Waals surface area (Å²) < 4.78 is 2.06. The van der Waals surface area contributed by atoms with E-state index < -0.39 is 0 Å². The SMILES string of the molecule is Cc1cc(N2CCN(c3cc[nH]c3)CC2)n(-c2ccccc2)n1. The number of piperazine rings is 1. The Morgan fingerprint density at radius 3 is 2.35 bits per heavy atom. The number of hydrogen-bond donors (Lipinski definition) is 1. The zero-order chi connectivity index (χ0) is 15.6. The lowest BCUT2D eigenvalue weighted by atomic mass is 10.2. The van der Waals surface area contributed by atoms with E-state index in [1.807, 2.05) is 12.3 Å². The van der Waals surface area contributed by atoms with Crippen molar-refractivity contribution >= 4 is 11.5 Å². The van der Waals surface area contributed by atoms with Gasteiger partial charge in [-0.15, -0.1) is 0 Å². The Labute approximate surface area is 136 Å². The molecule has 4 rings (SSSR count). The number of anilines is 2. The first-order valence-electron chi connectivity index (χ1n) is 8.06. The minimum atomic E-state index is 1.00. The van der Waals surface area contributed by atoms with Gasteiger partial charge in [0.2, 0.25) is 0 Å². The van der Waals surface area contributed by atoms with Crippen LogP contribution in [0.25, 0.3) is 5.69 Å². The third kappa shape index (κ3) is 2.70. The summed E-state index contributed by atoms with van der Waals surface area (Å²) in [7, 11) is 0. The number of rotatable bonds is 3. The molecule has 0 saturated carbocycles. The highest BCUT2D eigenvalue weighted by Gasteiger charge is 2.21. The molecule has 0 atom stereocenters.